The van der Waals surface area contributed by atoms with Gasteiger partial charge in [-0.2, -0.15) is 0 Å². The standard InChI is InChI=1S/C15H13ClF3N3O4S.ClH/c16-10-4-12(14(21)23)13(20)22(6-10)5-9-3-11(26-15(17,18)19)2-1-8(9)7-27(24)25;/h1-4,6,20H,5,7H2,(H2,21,23)(H,24,25);1H/p-1. The molecule has 2 rings (SSSR count). The summed E-state index contributed by atoms with van der Waals surface area (Å²) in [5.41, 5.74) is 4.99. The van der Waals surface area contributed by atoms with E-state index >= 15 is 0 Å². The number of nitrogens with one attached hydrogen (secondary N) is 1. The van der Waals surface area contributed by atoms with E-state index < -0.39 is 34.9 Å². The summed E-state index contributed by atoms with van der Waals surface area (Å²) in [5.74, 6) is -1.92. The number of aromatic nitrogens is 1. The Morgan fingerprint density at radius 3 is 2.50 bits per heavy atom. The van der Waals surface area contributed by atoms with Crippen LogP contribution in [0.1, 0.15) is 21.5 Å². The summed E-state index contributed by atoms with van der Waals surface area (Å²) >= 11 is 3.39. The van der Waals surface area contributed by atoms with Crippen molar-refractivity contribution in [2.45, 2.75) is 18.7 Å². The molecule has 0 saturated heterocycles. The topological polar surface area (TPSA) is 121 Å². The molecule has 0 aliphatic rings. The molecule has 1 aromatic carbocycles. The Kier molecular flexibility index (Phi) is 8.05. The molecule has 1 amide bonds. The maximum Gasteiger partial charge on any atom is 0.573 e. The lowest BCUT2D eigenvalue weighted by atomic mass is 10.1. The molecule has 3 N–H and O–H groups in total. The zero-order valence-electron chi connectivity index (χ0n) is 13.8. The van der Waals surface area contributed by atoms with Crippen molar-refractivity contribution in [3.05, 3.63) is 57.7 Å². The number of hydrogen-bond acceptors (Lipinski definition) is 5. The Morgan fingerprint density at radius 1 is 1.32 bits per heavy atom. The fraction of sp³-hybridized carbons (Fsp3) is 0.200. The van der Waals surface area contributed by atoms with Crippen molar-refractivity contribution in [1.29, 1.82) is 5.41 Å². The Labute approximate surface area is 170 Å². The second-order valence-electron chi connectivity index (χ2n) is 5.34. The van der Waals surface area contributed by atoms with Gasteiger partial charge in [0.15, 0.2) is 0 Å². The minimum absolute atomic E-state index is 0. The van der Waals surface area contributed by atoms with E-state index in [0.29, 0.717) is 0 Å². The number of carbonyl (C=O) groups is 1. The lowest BCUT2D eigenvalue weighted by Gasteiger charge is -2.17. The molecule has 28 heavy (non-hydrogen) atoms. The van der Waals surface area contributed by atoms with Gasteiger partial charge in [-0.25, -0.2) is 0 Å². The molecular weight excluding hydrogens is 446 g/mol. The summed E-state index contributed by atoms with van der Waals surface area (Å²) in [6.07, 6.45) is -3.66. The fourth-order valence-corrected chi connectivity index (χ4v) is 3.08. The Balaban J connectivity index is 0.00000392. The highest BCUT2D eigenvalue weighted by molar-refractivity contribution is 7.78. The summed E-state index contributed by atoms with van der Waals surface area (Å²) in [7, 11) is 0. The average Bonchev–Trinajstić information content (AvgIpc) is 2.50. The zero-order chi connectivity index (χ0) is 20.4. The molecule has 1 heterocycles. The molecule has 0 spiro atoms. The van der Waals surface area contributed by atoms with E-state index in [0.717, 1.165) is 16.7 Å². The number of alkyl halides is 3. The van der Waals surface area contributed by atoms with Crippen LogP contribution in [0, 0.1) is 5.41 Å². The van der Waals surface area contributed by atoms with E-state index in [9.17, 15) is 26.7 Å². The molecule has 2 aromatic rings. The molecule has 0 aliphatic carbocycles. The SMILES string of the molecule is Cl.N=c1c(C(N)=O)cc(Cl)cn1Cc1cc(OC(F)(F)F)ccc1CS(=O)[O-]. The third kappa shape index (κ3) is 6.51. The summed E-state index contributed by atoms with van der Waals surface area (Å²) in [4.78, 5) is 11.4. The van der Waals surface area contributed by atoms with Crippen molar-refractivity contribution in [2.75, 3.05) is 0 Å². The summed E-state index contributed by atoms with van der Waals surface area (Å²) in [6, 6.07) is 4.35. The number of nitrogens with two attached hydrogens (primary N) is 1. The molecule has 0 aliphatic heterocycles. The summed E-state index contributed by atoms with van der Waals surface area (Å²) in [5, 5.41) is 8.07. The molecule has 0 radical (unpaired) electrons. The van der Waals surface area contributed by atoms with Gasteiger partial charge < -0.3 is 19.6 Å². The normalized spacial score (nSPS) is 12.2. The molecule has 1 atom stereocenters. The van der Waals surface area contributed by atoms with Crippen LogP contribution in [0.4, 0.5) is 13.2 Å². The second kappa shape index (κ2) is 9.41. The fourth-order valence-electron chi connectivity index (χ4n) is 2.32. The number of ether oxygens (including phenoxy) is 1. The van der Waals surface area contributed by atoms with Gasteiger partial charge in [0.2, 0.25) is 0 Å². The third-order valence-electron chi connectivity index (χ3n) is 3.39. The van der Waals surface area contributed by atoms with Crippen molar-refractivity contribution in [2.24, 2.45) is 5.73 Å². The number of nitrogens with zero attached hydrogens (tertiary/aromatic N) is 1. The number of primary amides is 1. The first-order valence-electron chi connectivity index (χ1n) is 7.14. The molecule has 0 bridgehead atoms. The number of carbonyl (C=O) groups excluding carboxylic acids is 1. The Hall–Kier alpha value is -2.08. The Morgan fingerprint density at radius 2 is 1.96 bits per heavy atom. The molecule has 0 fully saturated rings. The van der Waals surface area contributed by atoms with Gasteiger partial charge in [0.1, 0.15) is 11.2 Å². The average molecular weight is 459 g/mol. The number of pyridine rings is 1. The first-order chi connectivity index (χ1) is 12.5. The smallest absolute Gasteiger partial charge is 0.573 e. The monoisotopic (exact) mass is 458 g/mol. The van der Waals surface area contributed by atoms with E-state index in [4.69, 9.17) is 22.7 Å². The first kappa shape index (κ1) is 24.0. The predicted molar refractivity (Wildman–Crippen MR) is 95.9 cm³/mol. The van der Waals surface area contributed by atoms with Crippen LogP contribution in [0.15, 0.2) is 30.5 Å². The van der Waals surface area contributed by atoms with Gasteiger partial charge in [0, 0.05) is 18.5 Å². The van der Waals surface area contributed by atoms with Crippen LogP contribution < -0.4 is 16.0 Å². The number of rotatable bonds is 6. The largest absolute Gasteiger partial charge is 0.772 e. The second-order valence-corrected chi connectivity index (χ2v) is 6.67. The highest BCUT2D eigenvalue weighted by Crippen LogP contribution is 2.26. The molecule has 7 nitrogen and oxygen atoms in total. The van der Waals surface area contributed by atoms with E-state index in [1.165, 1.54) is 18.3 Å². The van der Waals surface area contributed by atoms with Gasteiger partial charge in [0.05, 0.1) is 10.6 Å². The van der Waals surface area contributed by atoms with E-state index in [1.54, 1.807) is 0 Å². The lowest BCUT2D eigenvalue weighted by molar-refractivity contribution is -0.274. The van der Waals surface area contributed by atoms with Gasteiger partial charge in [-0.05, 0) is 29.3 Å². The van der Waals surface area contributed by atoms with Crippen molar-refractivity contribution in [3.63, 3.8) is 0 Å². The van der Waals surface area contributed by atoms with Crippen molar-refractivity contribution >= 4 is 41.0 Å². The Bertz CT molecular complexity index is 967. The number of benzene rings is 1. The highest BCUT2D eigenvalue weighted by Gasteiger charge is 2.31. The van der Waals surface area contributed by atoms with Gasteiger partial charge in [-0.15, -0.1) is 25.6 Å². The maximum atomic E-state index is 12.4. The number of hydrogen-bond donors (Lipinski definition) is 2. The van der Waals surface area contributed by atoms with Crippen LogP contribution in [-0.2, 0) is 23.4 Å². The minimum atomic E-state index is -4.93. The molecule has 1 unspecified atom stereocenters. The van der Waals surface area contributed by atoms with Crippen LogP contribution in [0.3, 0.4) is 0 Å². The molecule has 0 saturated carbocycles. The number of halogens is 5. The highest BCUT2D eigenvalue weighted by atomic mass is 35.5. The van der Waals surface area contributed by atoms with E-state index in [-0.39, 0.29) is 46.2 Å². The summed E-state index contributed by atoms with van der Waals surface area (Å²) < 4.78 is 64.4. The van der Waals surface area contributed by atoms with Gasteiger partial charge in [-0.3, -0.25) is 14.4 Å². The molecular formula is C15H13Cl2F3N3O4S-. The van der Waals surface area contributed by atoms with Crippen molar-refractivity contribution in [1.82, 2.24) is 4.57 Å². The van der Waals surface area contributed by atoms with Crippen molar-refractivity contribution < 1.29 is 31.5 Å². The van der Waals surface area contributed by atoms with Crippen LogP contribution in [-0.4, -0.2) is 25.6 Å². The lowest BCUT2D eigenvalue weighted by Crippen LogP contribution is -2.30. The van der Waals surface area contributed by atoms with Crippen LogP contribution in [0.25, 0.3) is 0 Å². The quantitative estimate of drug-likeness (QED) is 0.645. The third-order valence-corrected chi connectivity index (χ3v) is 4.15. The van der Waals surface area contributed by atoms with E-state index in [1.807, 2.05) is 0 Å². The zero-order valence-corrected chi connectivity index (χ0v) is 16.2. The first-order valence-corrected chi connectivity index (χ1v) is 8.76. The van der Waals surface area contributed by atoms with Crippen molar-refractivity contribution in [3.8, 4) is 5.75 Å². The minimum Gasteiger partial charge on any atom is -0.772 e. The van der Waals surface area contributed by atoms with Gasteiger partial charge in [-0.1, -0.05) is 28.7 Å². The van der Waals surface area contributed by atoms with E-state index in [2.05, 4.69) is 4.74 Å². The van der Waals surface area contributed by atoms with Crippen LogP contribution in [0.2, 0.25) is 5.02 Å². The van der Waals surface area contributed by atoms with Crippen LogP contribution >= 0.6 is 24.0 Å². The molecule has 154 valence electrons. The number of amides is 1. The summed E-state index contributed by atoms with van der Waals surface area (Å²) in [6.45, 7) is -0.235. The van der Waals surface area contributed by atoms with Crippen LogP contribution in [0.5, 0.6) is 5.75 Å². The van der Waals surface area contributed by atoms with Gasteiger partial charge >= 0.3 is 6.36 Å². The predicted octanol–water partition coefficient (Wildman–Crippen LogP) is 2.47. The maximum absolute atomic E-state index is 12.4. The van der Waals surface area contributed by atoms with Gasteiger partial charge in [0.25, 0.3) is 5.91 Å². The molecule has 1 aromatic heterocycles. The molecule has 13 heteroatoms.